The number of aromatic hydroxyl groups is 4. The van der Waals surface area contributed by atoms with E-state index in [0.29, 0.717) is 18.5 Å². The molecule has 0 aromatic heterocycles. The van der Waals surface area contributed by atoms with Crippen molar-refractivity contribution in [3.05, 3.63) is 47.5 Å². The molecule has 2 rings (SSSR count). The minimum atomic E-state index is -0.765. The van der Waals surface area contributed by atoms with Crippen molar-refractivity contribution in [3.63, 3.8) is 0 Å². The van der Waals surface area contributed by atoms with Crippen LogP contribution in [0.5, 0.6) is 23.0 Å². The Morgan fingerprint density at radius 1 is 0.962 bits per heavy atom. The maximum Gasteiger partial charge on any atom is 0.322 e. The van der Waals surface area contributed by atoms with Crippen LogP contribution in [-0.4, -0.2) is 46.1 Å². The largest absolute Gasteiger partial charge is 0.504 e. The first-order valence-corrected chi connectivity index (χ1v) is 7.83. The average molecular weight is 364 g/mol. The first-order valence-electron chi connectivity index (χ1n) is 7.83. The summed E-state index contributed by atoms with van der Waals surface area (Å²) in [7, 11) is 1.26. The highest BCUT2D eigenvalue weighted by atomic mass is 16.5. The van der Waals surface area contributed by atoms with Crippen LogP contribution in [0.25, 0.3) is 0 Å². The number of esters is 1. The molecule has 8 N–H and O–H groups in total. The van der Waals surface area contributed by atoms with Crippen LogP contribution in [0.4, 0.5) is 0 Å². The SMILES string of the molecule is COC(=O)[C@@H](N)Cc1ccc(O)c(O)c1.NCCc1ccc(O)c(O)c1. The summed E-state index contributed by atoms with van der Waals surface area (Å²) in [5, 5.41) is 36.2. The predicted octanol–water partition coefficient (Wildman–Crippen LogP) is 0.740. The lowest BCUT2D eigenvalue weighted by atomic mass is 10.1. The second-order valence-electron chi connectivity index (χ2n) is 5.52. The number of benzene rings is 2. The van der Waals surface area contributed by atoms with Gasteiger partial charge >= 0.3 is 5.97 Å². The van der Waals surface area contributed by atoms with Crippen molar-refractivity contribution in [2.75, 3.05) is 13.7 Å². The minimum absolute atomic E-state index is 0.0871. The van der Waals surface area contributed by atoms with Crippen LogP contribution < -0.4 is 11.5 Å². The van der Waals surface area contributed by atoms with Gasteiger partial charge in [0.2, 0.25) is 0 Å². The van der Waals surface area contributed by atoms with Gasteiger partial charge < -0.3 is 36.6 Å². The van der Waals surface area contributed by atoms with Crippen LogP contribution >= 0.6 is 0 Å². The molecule has 0 unspecified atom stereocenters. The normalized spacial score (nSPS) is 11.2. The van der Waals surface area contributed by atoms with Gasteiger partial charge in [-0.1, -0.05) is 12.1 Å². The summed E-state index contributed by atoms with van der Waals surface area (Å²) in [5.41, 5.74) is 12.4. The molecule has 0 saturated carbocycles. The van der Waals surface area contributed by atoms with Gasteiger partial charge in [-0.15, -0.1) is 0 Å². The second kappa shape index (κ2) is 10.1. The zero-order valence-corrected chi connectivity index (χ0v) is 14.4. The third-order valence-corrected chi connectivity index (χ3v) is 3.47. The summed E-state index contributed by atoms with van der Waals surface area (Å²) in [5.74, 6) is -1.13. The van der Waals surface area contributed by atoms with Crippen LogP contribution in [0.1, 0.15) is 11.1 Å². The fourth-order valence-electron chi connectivity index (χ4n) is 2.08. The molecule has 0 aliphatic carbocycles. The maximum atomic E-state index is 11.0. The Balaban J connectivity index is 0.000000273. The van der Waals surface area contributed by atoms with Crippen molar-refractivity contribution >= 4 is 5.97 Å². The Bertz CT molecular complexity index is 736. The van der Waals surface area contributed by atoms with Crippen molar-refractivity contribution in [2.45, 2.75) is 18.9 Å². The Kier molecular flexibility index (Phi) is 8.20. The Morgan fingerprint density at radius 3 is 1.92 bits per heavy atom. The van der Waals surface area contributed by atoms with Gasteiger partial charge in [-0.3, -0.25) is 4.79 Å². The Morgan fingerprint density at radius 2 is 1.46 bits per heavy atom. The molecular formula is C18H24N2O6. The summed E-state index contributed by atoms with van der Waals surface area (Å²) in [4.78, 5) is 11.0. The van der Waals surface area contributed by atoms with Crippen LogP contribution in [-0.2, 0) is 22.4 Å². The Hall–Kier alpha value is -2.97. The molecule has 26 heavy (non-hydrogen) atoms. The van der Waals surface area contributed by atoms with Gasteiger partial charge in [0, 0.05) is 0 Å². The number of phenolic OH excluding ortho intramolecular Hbond substituents is 4. The molecule has 0 bridgehead atoms. The van der Waals surface area contributed by atoms with Crippen LogP contribution in [0.15, 0.2) is 36.4 Å². The van der Waals surface area contributed by atoms with Crippen LogP contribution in [0, 0.1) is 0 Å². The summed E-state index contributed by atoms with van der Waals surface area (Å²) >= 11 is 0. The molecule has 0 aliphatic heterocycles. The van der Waals surface area contributed by atoms with Crippen molar-refractivity contribution in [2.24, 2.45) is 11.5 Å². The zero-order chi connectivity index (χ0) is 19.7. The molecule has 0 spiro atoms. The Labute approximate surface area is 151 Å². The quantitative estimate of drug-likeness (QED) is 0.335. The van der Waals surface area contributed by atoms with E-state index in [-0.39, 0.29) is 29.4 Å². The number of methoxy groups -OCH3 is 1. The van der Waals surface area contributed by atoms with Gasteiger partial charge in [0.05, 0.1) is 7.11 Å². The molecule has 0 heterocycles. The molecule has 0 radical (unpaired) electrons. The zero-order valence-electron chi connectivity index (χ0n) is 14.4. The molecule has 0 aliphatic rings. The molecule has 2 aromatic carbocycles. The van der Waals surface area contributed by atoms with E-state index in [0.717, 1.165) is 5.56 Å². The van der Waals surface area contributed by atoms with E-state index in [9.17, 15) is 9.90 Å². The number of carbonyl (C=O) groups is 1. The van der Waals surface area contributed by atoms with E-state index in [1.165, 1.54) is 31.4 Å². The standard InChI is InChI=1S/C10H13NO4.C8H11NO2/c1-15-10(14)7(11)4-6-2-3-8(12)9(13)5-6;9-4-3-6-1-2-7(10)8(11)5-6/h2-3,5,7,12-13H,4,11H2,1H3;1-2,5,10-11H,3-4,9H2/t7-;/m0./s1. The molecule has 1 atom stereocenters. The highest BCUT2D eigenvalue weighted by molar-refractivity contribution is 5.75. The first-order chi connectivity index (χ1) is 12.3. The second-order valence-corrected chi connectivity index (χ2v) is 5.52. The van der Waals surface area contributed by atoms with E-state index < -0.39 is 12.0 Å². The first kappa shape index (κ1) is 21.1. The number of nitrogens with two attached hydrogens (primary N) is 2. The van der Waals surface area contributed by atoms with Crippen molar-refractivity contribution in [1.82, 2.24) is 0 Å². The predicted molar refractivity (Wildman–Crippen MR) is 96.0 cm³/mol. The number of rotatable bonds is 5. The molecule has 0 saturated heterocycles. The van der Waals surface area contributed by atoms with Gasteiger partial charge in [-0.05, 0) is 54.8 Å². The highest BCUT2D eigenvalue weighted by Gasteiger charge is 2.14. The third kappa shape index (κ3) is 6.50. The highest BCUT2D eigenvalue weighted by Crippen LogP contribution is 2.25. The van der Waals surface area contributed by atoms with Crippen molar-refractivity contribution in [3.8, 4) is 23.0 Å². The summed E-state index contributed by atoms with van der Waals surface area (Å²) < 4.78 is 4.46. The number of ether oxygens (including phenoxy) is 1. The summed E-state index contributed by atoms with van der Waals surface area (Å²) in [6.45, 7) is 0.546. The number of phenols is 4. The molecule has 0 fully saturated rings. The van der Waals surface area contributed by atoms with E-state index in [2.05, 4.69) is 4.74 Å². The van der Waals surface area contributed by atoms with Gasteiger partial charge in [0.15, 0.2) is 23.0 Å². The number of carbonyl (C=O) groups excluding carboxylic acids is 1. The maximum absolute atomic E-state index is 11.0. The third-order valence-electron chi connectivity index (χ3n) is 3.47. The fraction of sp³-hybridized carbons (Fsp3) is 0.278. The van der Waals surface area contributed by atoms with Crippen molar-refractivity contribution < 1.29 is 30.0 Å². The van der Waals surface area contributed by atoms with Crippen LogP contribution in [0.3, 0.4) is 0 Å². The minimum Gasteiger partial charge on any atom is -0.504 e. The van der Waals surface area contributed by atoms with E-state index in [1.807, 2.05) is 0 Å². The molecular weight excluding hydrogens is 340 g/mol. The number of hydrogen-bond donors (Lipinski definition) is 6. The van der Waals surface area contributed by atoms with E-state index >= 15 is 0 Å². The number of hydrogen-bond acceptors (Lipinski definition) is 8. The molecule has 142 valence electrons. The van der Waals surface area contributed by atoms with E-state index in [1.54, 1.807) is 12.1 Å². The van der Waals surface area contributed by atoms with E-state index in [4.69, 9.17) is 26.8 Å². The molecule has 2 aromatic rings. The van der Waals surface area contributed by atoms with Crippen LogP contribution in [0.2, 0.25) is 0 Å². The van der Waals surface area contributed by atoms with Crippen molar-refractivity contribution in [1.29, 1.82) is 0 Å². The lowest BCUT2D eigenvalue weighted by Gasteiger charge is -2.09. The molecule has 0 amide bonds. The smallest absolute Gasteiger partial charge is 0.322 e. The van der Waals surface area contributed by atoms with Gasteiger partial charge in [-0.2, -0.15) is 0 Å². The molecule has 8 nitrogen and oxygen atoms in total. The lowest BCUT2D eigenvalue weighted by molar-refractivity contribution is -0.142. The lowest BCUT2D eigenvalue weighted by Crippen LogP contribution is -2.33. The fourth-order valence-corrected chi connectivity index (χ4v) is 2.08. The average Bonchev–Trinajstić information content (AvgIpc) is 2.61. The van der Waals surface area contributed by atoms with Gasteiger partial charge in [0.25, 0.3) is 0 Å². The molecule has 8 heteroatoms. The topological polar surface area (TPSA) is 159 Å². The van der Waals surface area contributed by atoms with Gasteiger partial charge in [0.1, 0.15) is 6.04 Å². The monoisotopic (exact) mass is 364 g/mol. The van der Waals surface area contributed by atoms with Gasteiger partial charge in [-0.25, -0.2) is 0 Å². The summed E-state index contributed by atoms with van der Waals surface area (Å²) in [6.07, 6.45) is 0.967. The summed E-state index contributed by atoms with van der Waals surface area (Å²) in [6, 6.07) is 8.23.